The molecular formula is C18H27NO2. The van der Waals surface area contributed by atoms with Crippen LogP contribution in [0.1, 0.15) is 63.4 Å². The molecule has 0 aromatic heterocycles. The number of hydrogen-bond donors (Lipinski definition) is 1. The van der Waals surface area contributed by atoms with Gasteiger partial charge in [0.05, 0.1) is 12.5 Å². The van der Waals surface area contributed by atoms with E-state index in [9.17, 15) is 4.79 Å². The molecule has 0 amide bonds. The zero-order valence-electron chi connectivity index (χ0n) is 13.1. The van der Waals surface area contributed by atoms with Crippen molar-refractivity contribution in [2.24, 2.45) is 0 Å². The van der Waals surface area contributed by atoms with E-state index in [1.165, 1.54) is 25.7 Å². The Balaban J connectivity index is 1.72. The van der Waals surface area contributed by atoms with Gasteiger partial charge in [-0.2, -0.15) is 0 Å². The van der Waals surface area contributed by atoms with Crippen LogP contribution in [0.25, 0.3) is 0 Å². The van der Waals surface area contributed by atoms with Crippen LogP contribution in [0.4, 0.5) is 5.69 Å². The Bertz CT molecular complexity index is 445. The van der Waals surface area contributed by atoms with E-state index in [-0.39, 0.29) is 11.9 Å². The van der Waals surface area contributed by atoms with Crippen LogP contribution < -0.4 is 5.32 Å². The highest BCUT2D eigenvalue weighted by Crippen LogP contribution is 2.32. The van der Waals surface area contributed by atoms with Crippen molar-refractivity contribution < 1.29 is 9.53 Å². The zero-order chi connectivity index (χ0) is 14.9. The summed E-state index contributed by atoms with van der Waals surface area (Å²) in [6, 6.07) is 8.04. The Morgan fingerprint density at radius 2 is 1.95 bits per heavy atom. The van der Waals surface area contributed by atoms with Gasteiger partial charge in [0, 0.05) is 12.2 Å². The van der Waals surface area contributed by atoms with E-state index in [0.717, 1.165) is 37.1 Å². The number of ether oxygens (including phenoxy) is 1. The van der Waals surface area contributed by atoms with Gasteiger partial charge in [-0.25, -0.2) is 0 Å². The number of unbranched alkanes of at least 4 members (excludes halogenated alkanes) is 5. The first kappa shape index (κ1) is 15.9. The molecule has 1 aromatic rings. The summed E-state index contributed by atoms with van der Waals surface area (Å²) >= 11 is 0. The third-order valence-electron chi connectivity index (χ3n) is 4.11. The molecule has 1 aliphatic heterocycles. The summed E-state index contributed by atoms with van der Waals surface area (Å²) in [5, 5.41) is 3.34. The summed E-state index contributed by atoms with van der Waals surface area (Å²) < 4.78 is 5.48. The second kappa shape index (κ2) is 8.71. The van der Waals surface area contributed by atoms with Gasteiger partial charge in [0.1, 0.15) is 0 Å². The quantitative estimate of drug-likeness (QED) is 0.566. The molecule has 0 radical (unpaired) electrons. The molecule has 1 atom stereocenters. The van der Waals surface area contributed by atoms with Crippen molar-refractivity contribution >= 4 is 11.7 Å². The molecule has 1 heterocycles. The maximum atomic E-state index is 12.2. The third kappa shape index (κ3) is 4.76. The zero-order valence-corrected chi connectivity index (χ0v) is 13.1. The number of rotatable bonds is 8. The molecule has 0 bridgehead atoms. The van der Waals surface area contributed by atoms with Crippen LogP contribution in [0.5, 0.6) is 0 Å². The molecule has 21 heavy (non-hydrogen) atoms. The van der Waals surface area contributed by atoms with Gasteiger partial charge >= 0.3 is 5.97 Å². The molecule has 0 fully saturated rings. The number of nitrogens with one attached hydrogen (secondary N) is 1. The molecule has 2 rings (SSSR count). The highest BCUT2D eigenvalue weighted by atomic mass is 16.5. The van der Waals surface area contributed by atoms with Crippen molar-refractivity contribution in [3.05, 3.63) is 29.8 Å². The fraction of sp³-hybridized carbons (Fsp3) is 0.611. The maximum absolute atomic E-state index is 12.2. The summed E-state index contributed by atoms with van der Waals surface area (Å²) in [4.78, 5) is 12.2. The molecule has 0 spiro atoms. The lowest BCUT2D eigenvalue weighted by Gasteiger charge is -2.25. The minimum atomic E-state index is -0.0949. The predicted molar refractivity (Wildman–Crippen MR) is 86.6 cm³/mol. The lowest BCUT2D eigenvalue weighted by atomic mass is 9.91. The second-order valence-electron chi connectivity index (χ2n) is 5.79. The fourth-order valence-electron chi connectivity index (χ4n) is 2.87. The van der Waals surface area contributed by atoms with Crippen molar-refractivity contribution in [2.75, 3.05) is 18.5 Å². The molecule has 3 nitrogen and oxygen atoms in total. The number of esters is 1. The molecule has 1 unspecified atom stereocenters. The number of anilines is 1. The van der Waals surface area contributed by atoms with E-state index in [1.807, 2.05) is 24.3 Å². The number of para-hydroxylation sites is 1. The Kier molecular flexibility index (Phi) is 6.58. The van der Waals surface area contributed by atoms with E-state index >= 15 is 0 Å². The van der Waals surface area contributed by atoms with Gasteiger partial charge in [0.25, 0.3) is 0 Å². The summed E-state index contributed by atoms with van der Waals surface area (Å²) in [6.07, 6.45) is 8.11. The maximum Gasteiger partial charge on any atom is 0.313 e. The molecule has 3 heteroatoms. The van der Waals surface area contributed by atoms with Gasteiger partial charge in [0.2, 0.25) is 0 Å². The average Bonchev–Trinajstić information content (AvgIpc) is 2.53. The largest absolute Gasteiger partial charge is 0.465 e. The Labute approximate surface area is 128 Å². The second-order valence-corrected chi connectivity index (χ2v) is 5.79. The molecule has 1 N–H and O–H groups in total. The van der Waals surface area contributed by atoms with Gasteiger partial charge in [0.15, 0.2) is 0 Å². The van der Waals surface area contributed by atoms with Crippen molar-refractivity contribution in [3.63, 3.8) is 0 Å². The lowest BCUT2D eigenvalue weighted by molar-refractivity contribution is -0.145. The molecule has 116 valence electrons. The Morgan fingerprint density at radius 3 is 2.81 bits per heavy atom. The van der Waals surface area contributed by atoms with Crippen molar-refractivity contribution in [1.82, 2.24) is 0 Å². The van der Waals surface area contributed by atoms with Crippen molar-refractivity contribution in [1.29, 1.82) is 0 Å². The van der Waals surface area contributed by atoms with E-state index in [2.05, 4.69) is 12.2 Å². The van der Waals surface area contributed by atoms with Crippen molar-refractivity contribution in [2.45, 2.75) is 57.8 Å². The van der Waals surface area contributed by atoms with E-state index < -0.39 is 0 Å². The van der Waals surface area contributed by atoms with Crippen molar-refractivity contribution in [3.8, 4) is 0 Å². The van der Waals surface area contributed by atoms with Gasteiger partial charge in [-0.05, 0) is 24.5 Å². The Morgan fingerprint density at radius 1 is 1.19 bits per heavy atom. The normalized spacial score (nSPS) is 16.9. The topological polar surface area (TPSA) is 38.3 Å². The van der Waals surface area contributed by atoms with Crippen LogP contribution in [0.15, 0.2) is 24.3 Å². The number of carbonyl (C=O) groups excluding carboxylic acids is 1. The fourth-order valence-corrected chi connectivity index (χ4v) is 2.87. The molecular weight excluding hydrogens is 262 g/mol. The number of benzene rings is 1. The molecule has 1 aliphatic rings. The van der Waals surface area contributed by atoms with Crippen LogP contribution in [0, 0.1) is 0 Å². The predicted octanol–water partition coefficient (Wildman–Crippen LogP) is 4.49. The molecule has 0 aliphatic carbocycles. The first-order valence-electron chi connectivity index (χ1n) is 8.32. The van der Waals surface area contributed by atoms with E-state index in [0.29, 0.717) is 6.61 Å². The van der Waals surface area contributed by atoms with Gasteiger partial charge < -0.3 is 10.1 Å². The highest BCUT2D eigenvalue weighted by molar-refractivity contribution is 5.81. The average molecular weight is 289 g/mol. The van der Waals surface area contributed by atoms with Crippen LogP contribution >= 0.6 is 0 Å². The lowest BCUT2D eigenvalue weighted by Crippen LogP contribution is -2.24. The van der Waals surface area contributed by atoms with Gasteiger partial charge in [-0.1, -0.05) is 57.2 Å². The summed E-state index contributed by atoms with van der Waals surface area (Å²) in [5.74, 6) is -0.153. The summed E-state index contributed by atoms with van der Waals surface area (Å²) in [5.41, 5.74) is 2.15. The molecule has 0 saturated carbocycles. The smallest absolute Gasteiger partial charge is 0.313 e. The number of hydrogen-bond acceptors (Lipinski definition) is 3. The number of fused-ring (bicyclic) bond motifs is 1. The SMILES string of the molecule is CCCCCCCCOC(=O)C1CCNc2ccccc21. The molecule has 1 aromatic carbocycles. The summed E-state index contributed by atoms with van der Waals surface area (Å²) in [6.45, 7) is 3.63. The van der Waals surface area contributed by atoms with E-state index in [4.69, 9.17) is 4.74 Å². The minimum Gasteiger partial charge on any atom is -0.465 e. The van der Waals surface area contributed by atoms with Crippen LogP contribution in [0.3, 0.4) is 0 Å². The number of carbonyl (C=O) groups is 1. The summed E-state index contributed by atoms with van der Waals surface area (Å²) in [7, 11) is 0. The highest BCUT2D eigenvalue weighted by Gasteiger charge is 2.27. The Hall–Kier alpha value is -1.51. The third-order valence-corrected chi connectivity index (χ3v) is 4.11. The van der Waals surface area contributed by atoms with Gasteiger partial charge in [-0.15, -0.1) is 0 Å². The van der Waals surface area contributed by atoms with Crippen LogP contribution in [-0.4, -0.2) is 19.1 Å². The monoisotopic (exact) mass is 289 g/mol. The van der Waals surface area contributed by atoms with Crippen LogP contribution in [0.2, 0.25) is 0 Å². The van der Waals surface area contributed by atoms with Crippen LogP contribution in [-0.2, 0) is 9.53 Å². The van der Waals surface area contributed by atoms with Gasteiger partial charge in [-0.3, -0.25) is 4.79 Å². The first-order chi connectivity index (χ1) is 10.3. The first-order valence-corrected chi connectivity index (χ1v) is 8.32. The minimum absolute atomic E-state index is 0.0579. The van der Waals surface area contributed by atoms with E-state index in [1.54, 1.807) is 0 Å². The standard InChI is InChI=1S/C18H27NO2/c1-2-3-4-5-6-9-14-21-18(20)16-12-13-19-17-11-8-7-10-15(16)17/h7-8,10-11,16,19H,2-6,9,12-14H2,1H3. The molecule has 0 saturated heterocycles.